The van der Waals surface area contributed by atoms with Crippen LogP contribution in [0.1, 0.15) is 26.7 Å². The van der Waals surface area contributed by atoms with Crippen LogP contribution in [-0.4, -0.2) is 31.3 Å². The van der Waals surface area contributed by atoms with Gasteiger partial charge in [-0.3, -0.25) is 0 Å². The molecule has 0 unspecified atom stereocenters. The number of ether oxygens (including phenoxy) is 2. The molecule has 114 valence electrons. The van der Waals surface area contributed by atoms with Crippen molar-refractivity contribution in [2.24, 2.45) is 0 Å². The van der Waals surface area contributed by atoms with Crippen LogP contribution in [0.3, 0.4) is 0 Å². The van der Waals surface area contributed by atoms with Crippen LogP contribution in [0.25, 0.3) is 10.8 Å². The molecule has 0 aliphatic rings. The molecule has 0 atom stereocenters. The van der Waals surface area contributed by atoms with E-state index in [1.54, 1.807) is 7.11 Å². The molecule has 0 aliphatic carbocycles. The number of nitrogens with one attached hydrogen (secondary N) is 1. The Morgan fingerprint density at radius 3 is 2.81 bits per heavy atom. The minimum atomic E-state index is 0.310. The third-order valence-electron chi connectivity index (χ3n) is 3.29. The molecule has 0 saturated carbocycles. The lowest BCUT2D eigenvalue weighted by molar-refractivity contribution is 0.0765. The number of unbranched alkanes of at least 4 members (excludes halogenated alkanes) is 1. The third kappa shape index (κ3) is 4.60. The highest BCUT2D eigenvalue weighted by Gasteiger charge is 2.03. The van der Waals surface area contributed by atoms with Gasteiger partial charge < -0.3 is 14.8 Å². The predicted octanol–water partition coefficient (Wildman–Crippen LogP) is 3.86. The van der Waals surface area contributed by atoms with E-state index >= 15 is 0 Å². The Bertz CT molecular complexity index is 570. The van der Waals surface area contributed by atoms with Gasteiger partial charge in [0.1, 0.15) is 11.6 Å². The van der Waals surface area contributed by atoms with Crippen LogP contribution in [0.2, 0.25) is 0 Å². The first-order valence-electron chi connectivity index (χ1n) is 7.49. The van der Waals surface area contributed by atoms with E-state index in [1.165, 1.54) is 0 Å². The Hall–Kier alpha value is -1.81. The zero-order valence-corrected chi connectivity index (χ0v) is 13.1. The van der Waals surface area contributed by atoms with Crippen LogP contribution in [-0.2, 0) is 4.74 Å². The van der Waals surface area contributed by atoms with Crippen molar-refractivity contribution in [2.75, 3.05) is 25.6 Å². The molecule has 4 heteroatoms. The maximum Gasteiger partial charge on any atom is 0.133 e. The Balaban J connectivity index is 1.92. The van der Waals surface area contributed by atoms with Crippen molar-refractivity contribution in [3.05, 3.63) is 30.5 Å². The van der Waals surface area contributed by atoms with Crippen LogP contribution in [0.15, 0.2) is 30.5 Å². The topological polar surface area (TPSA) is 43.4 Å². The highest BCUT2D eigenvalue weighted by Crippen LogP contribution is 2.25. The first-order chi connectivity index (χ1) is 10.2. The van der Waals surface area contributed by atoms with E-state index in [9.17, 15) is 0 Å². The second-order valence-electron chi connectivity index (χ2n) is 5.30. The van der Waals surface area contributed by atoms with E-state index in [1.807, 2.05) is 24.4 Å². The van der Waals surface area contributed by atoms with Crippen molar-refractivity contribution < 1.29 is 9.47 Å². The van der Waals surface area contributed by atoms with Gasteiger partial charge in [0.25, 0.3) is 0 Å². The molecule has 1 aromatic carbocycles. The van der Waals surface area contributed by atoms with E-state index in [0.717, 1.165) is 48.3 Å². The normalized spacial score (nSPS) is 11.0. The number of hydrogen-bond acceptors (Lipinski definition) is 4. The minimum absolute atomic E-state index is 0.310. The van der Waals surface area contributed by atoms with Crippen LogP contribution in [0, 0.1) is 0 Å². The number of aromatic nitrogens is 1. The lowest BCUT2D eigenvalue weighted by Gasteiger charge is -2.10. The zero-order valence-electron chi connectivity index (χ0n) is 13.1. The molecular weight excluding hydrogens is 264 g/mol. The maximum atomic E-state index is 5.53. The number of methoxy groups -OCH3 is 1. The van der Waals surface area contributed by atoms with Crippen LogP contribution >= 0.6 is 0 Å². The number of hydrogen-bond donors (Lipinski definition) is 1. The average Bonchev–Trinajstić information content (AvgIpc) is 2.50. The van der Waals surface area contributed by atoms with E-state index in [2.05, 4.69) is 30.2 Å². The lowest BCUT2D eigenvalue weighted by Crippen LogP contribution is -2.07. The second-order valence-corrected chi connectivity index (χ2v) is 5.30. The highest BCUT2D eigenvalue weighted by atomic mass is 16.5. The maximum absolute atomic E-state index is 5.53. The largest absolute Gasteiger partial charge is 0.497 e. The second kappa shape index (κ2) is 7.84. The average molecular weight is 288 g/mol. The van der Waals surface area contributed by atoms with Gasteiger partial charge in [0.15, 0.2) is 0 Å². The number of rotatable bonds is 8. The molecule has 0 bridgehead atoms. The summed E-state index contributed by atoms with van der Waals surface area (Å²) in [6, 6.07) is 8.05. The van der Waals surface area contributed by atoms with Crippen LogP contribution in [0.5, 0.6) is 5.75 Å². The molecular formula is C17H24N2O2. The van der Waals surface area contributed by atoms with Gasteiger partial charge in [0.2, 0.25) is 0 Å². The molecule has 0 aliphatic heterocycles. The standard InChI is InChI=1S/C17H24N2O2/c1-13(2)21-11-5-4-9-18-17-16-12-15(20-3)7-6-14(16)8-10-19-17/h6-8,10,12-13H,4-5,9,11H2,1-3H3,(H,18,19). The summed E-state index contributed by atoms with van der Waals surface area (Å²) in [4.78, 5) is 4.43. The molecule has 2 rings (SSSR count). The smallest absolute Gasteiger partial charge is 0.133 e. The summed E-state index contributed by atoms with van der Waals surface area (Å²) in [6.45, 7) is 5.83. The predicted molar refractivity (Wildman–Crippen MR) is 87.1 cm³/mol. The summed E-state index contributed by atoms with van der Waals surface area (Å²) >= 11 is 0. The molecule has 0 spiro atoms. The van der Waals surface area contributed by atoms with E-state index in [0.29, 0.717) is 6.10 Å². The van der Waals surface area contributed by atoms with Crippen molar-refractivity contribution >= 4 is 16.6 Å². The number of benzene rings is 1. The summed E-state index contributed by atoms with van der Waals surface area (Å²) in [6.07, 6.45) is 4.26. The minimum Gasteiger partial charge on any atom is -0.497 e. The zero-order chi connectivity index (χ0) is 15.1. The molecule has 0 amide bonds. The monoisotopic (exact) mass is 288 g/mol. The Labute approximate surface area is 126 Å². The van der Waals surface area contributed by atoms with E-state index in [-0.39, 0.29) is 0 Å². The molecule has 0 saturated heterocycles. The van der Waals surface area contributed by atoms with Gasteiger partial charge in [0, 0.05) is 24.7 Å². The fourth-order valence-corrected chi connectivity index (χ4v) is 2.17. The molecule has 21 heavy (non-hydrogen) atoms. The fourth-order valence-electron chi connectivity index (χ4n) is 2.17. The first kappa shape index (κ1) is 15.6. The summed E-state index contributed by atoms with van der Waals surface area (Å²) < 4.78 is 10.8. The number of anilines is 1. The molecule has 2 aromatic rings. The Kier molecular flexibility index (Phi) is 5.81. The van der Waals surface area contributed by atoms with Crippen molar-refractivity contribution in [1.82, 2.24) is 4.98 Å². The number of nitrogens with zero attached hydrogens (tertiary/aromatic N) is 1. The van der Waals surface area contributed by atoms with Gasteiger partial charge >= 0.3 is 0 Å². The molecule has 0 radical (unpaired) electrons. The first-order valence-corrected chi connectivity index (χ1v) is 7.49. The fraction of sp³-hybridized carbons (Fsp3) is 0.471. The number of pyridine rings is 1. The molecule has 0 fully saturated rings. The van der Waals surface area contributed by atoms with Gasteiger partial charge in [-0.2, -0.15) is 0 Å². The highest BCUT2D eigenvalue weighted by molar-refractivity contribution is 5.92. The quantitative estimate of drug-likeness (QED) is 0.749. The summed E-state index contributed by atoms with van der Waals surface area (Å²) in [5, 5.41) is 5.66. The Morgan fingerprint density at radius 2 is 2.05 bits per heavy atom. The summed E-state index contributed by atoms with van der Waals surface area (Å²) in [7, 11) is 1.68. The van der Waals surface area contributed by atoms with E-state index in [4.69, 9.17) is 9.47 Å². The van der Waals surface area contributed by atoms with Crippen molar-refractivity contribution in [2.45, 2.75) is 32.8 Å². The molecule has 4 nitrogen and oxygen atoms in total. The van der Waals surface area contributed by atoms with E-state index < -0.39 is 0 Å². The van der Waals surface area contributed by atoms with Gasteiger partial charge in [-0.05, 0) is 50.3 Å². The van der Waals surface area contributed by atoms with Gasteiger partial charge in [-0.15, -0.1) is 0 Å². The van der Waals surface area contributed by atoms with Gasteiger partial charge in [-0.1, -0.05) is 6.07 Å². The van der Waals surface area contributed by atoms with Crippen molar-refractivity contribution in [3.63, 3.8) is 0 Å². The molecule has 1 heterocycles. The lowest BCUT2D eigenvalue weighted by atomic mass is 10.1. The van der Waals surface area contributed by atoms with Gasteiger partial charge in [0.05, 0.1) is 13.2 Å². The summed E-state index contributed by atoms with van der Waals surface area (Å²) in [5.41, 5.74) is 0. The van der Waals surface area contributed by atoms with Crippen molar-refractivity contribution in [1.29, 1.82) is 0 Å². The summed E-state index contributed by atoms with van der Waals surface area (Å²) in [5.74, 6) is 1.76. The number of fused-ring (bicyclic) bond motifs is 1. The van der Waals surface area contributed by atoms with Crippen molar-refractivity contribution in [3.8, 4) is 5.75 Å². The molecule has 1 aromatic heterocycles. The van der Waals surface area contributed by atoms with Gasteiger partial charge in [-0.25, -0.2) is 4.98 Å². The Morgan fingerprint density at radius 1 is 1.19 bits per heavy atom. The van der Waals surface area contributed by atoms with Crippen LogP contribution < -0.4 is 10.1 Å². The van der Waals surface area contributed by atoms with Crippen LogP contribution in [0.4, 0.5) is 5.82 Å². The SMILES string of the molecule is COc1ccc2ccnc(NCCCCOC(C)C)c2c1. The third-order valence-corrected chi connectivity index (χ3v) is 3.29. The molecule has 1 N–H and O–H groups in total.